The van der Waals surface area contributed by atoms with Gasteiger partial charge in [-0.1, -0.05) is 0 Å². The number of benzene rings is 1. The average molecular weight is 248 g/mol. The molecule has 0 saturated carbocycles. The van der Waals surface area contributed by atoms with E-state index in [0.717, 1.165) is 16.0 Å². The van der Waals surface area contributed by atoms with Gasteiger partial charge in [0.1, 0.15) is 5.75 Å². The molecular formula is C10H8N4O2S. The fourth-order valence-electron chi connectivity index (χ4n) is 1.48. The van der Waals surface area contributed by atoms with Crippen LogP contribution in [0.5, 0.6) is 5.75 Å². The maximum absolute atomic E-state index is 5.63. The van der Waals surface area contributed by atoms with E-state index in [1.807, 2.05) is 18.2 Å². The SMILES string of the molecule is COc1ccc2nc(-c3nonc3N)sc2c1. The Kier molecular flexibility index (Phi) is 2.19. The Morgan fingerprint density at radius 2 is 2.24 bits per heavy atom. The number of rotatable bonds is 2. The van der Waals surface area contributed by atoms with Crippen LogP contribution in [0.4, 0.5) is 5.82 Å². The predicted molar refractivity (Wildman–Crippen MR) is 63.9 cm³/mol. The molecule has 0 bridgehead atoms. The molecule has 0 fully saturated rings. The summed E-state index contributed by atoms with van der Waals surface area (Å²) in [7, 11) is 1.63. The van der Waals surface area contributed by atoms with E-state index in [9.17, 15) is 0 Å². The van der Waals surface area contributed by atoms with Crippen LogP contribution in [0, 0.1) is 0 Å². The highest BCUT2D eigenvalue weighted by Gasteiger charge is 2.14. The van der Waals surface area contributed by atoms with Gasteiger partial charge in [-0.05, 0) is 28.5 Å². The van der Waals surface area contributed by atoms with Gasteiger partial charge >= 0.3 is 0 Å². The van der Waals surface area contributed by atoms with E-state index in [-0.39, 0.29) is 5.82 Å². The van der Waals surface area contributed by atoms with Gasteiger partial charge in [-0.2, -0.15) is 0 Å². The number of thiazole rings is 1. The minimum atomic E-state index is 0.246. The summed E-state index contributed by atoms with van der Waals surface area (Å²) in [6, 6.07) is 5.66. The zero-order chi connectivity index (χ0) is 11.8. The van der Waals surface area contributed by atoms with Crippen LogP contribution in [0.25, 0.3) is 20.9 Å². The molecule has 0 spiro atoms. The van der Waals surface area contributed by atoms with Gasteiger partial charge in [-0.3, -0.25) is 0 Å². The summed E-state index contributed by atoms with van der Waals surface area (Å²) in [5.41, 5.74) is 6.97. The van der Waals surface area contributed by atoms with E-state index in [2.05, 4.69) is 19.9 Å². The number of hydrogen-bond acceptors (Lipinski definition) is 7. The number of ether oxygens (including phenoxy) is 1. The standard InChI is InChI=1S/C10H8N4O2S/c1-15-5-2-3-6-7(4-5)17-10(12-6)8-9(11)14-16-13-8/h2-4H,1H3,(H2,11,14). The van der Waals surface area contributed by atoms with Gasteiger partial charge in [0.2, 0.25) is 0 Å². The van der Waals surface area contributed by atoms with Crippen LogP contribution >= 0.6 is 11.3 Å². The van der Waals surface area contributed by atoms with Crippen molar-refractivity contribution in [2.24, 2.45) is 0 Å². The number of fused-ring (bicyclic) bond motifs is 1. The lowest BCUT2D eigenvalue weighted by Gasteiger charge is -1.96. The summed E-state index contributed by atoms with van der Waals surface area (Å²) in [6.45, 7) is 0. The molecular weight excluding hydrogens is 240 g/mol. The molecule has 0 aliphatic carbocycles. The zero-order valence-corrected chi connectivity index (χ0v) is 9.69. The van der Waals surface area contributed by atoms with Crippen molar-refractivity contribution < 1.29 is 9.37 Å². The summed E-state index contributed by atoms with van der Waals surface area (Å²) in [5, 5.41) is 7.95. The molecule has 0 atom stereocenters. The first-order valence-electron chi connectivity index (χ1n) is 4.81. The monoisotopic (exact) mass is 248 g/mol. The quantitative estimate of drug-likeness (QED) is 0.745. The summed E-state index contributed by atoms with van der Waals surface area (Å²) in [5.74, 6) is 1.04. The number of methoxy groups -OCH3 is 1. The molecule has 1 aromatic carbocycles. The summed E-state index contributed by atoms with van der Waals surface area (Å²) in [6.07, 6.45) is 0. The lowest BCUT2D eigenvalue weighted by molar-refractivity contribution is 0.310. The highest BCUT2D eigenvalue weighted by Crippen LogP contribution is 2.33. The Morgan fingerprint density at radius 1 is 1.35 bits per heavy atom. The number of nitrogens with zero attached hydrogens (tertiary/aromatic N) is 3. The molecule has 0 aliphatic rings. The topological polar surface area (TPSA) is 87.1 Å². The molecule has 7 heteroatoms. The van der Waals surface area contributed by atoms with Gasteiger partial charge in [-0.15, -0.1) is 11.3 Å². The van der Waals surface area contributed by atoms with E-state index >= 15 is 0 Å². The molecule has 0 saturated heterocycles. The average Bonchev–Trinajstić information content (AvgIpc) is 2.93. The lowest BCUT2D eigenvalue weighted by Crippen LogP contribution is -1.87. The van der Waals surface area contributed by atoms with Crippen molar-refractivity contribution in [2.75, 3.05) is 12.8 Å². The maximum atomic E-state index is 5.63. The fraction of sp³-hybridized carbons (Fsp3) is 0.100. The Morgan fingerprint density at radius 3 is 2.94 bits per heavy atom. The highest BCUT2D eigenvalue weighted by atomic mass is 32.1. The van der Waals surface area contributed by atoms with Crippen molar-refractivity contribution in [1.29, 1.82) is 0 Å². The van der Waals surface area contributed by atoms with E-state index in [4.69, 9.17) is 10.5 Å². The van der Waals surface area contributed by atoms with Crippen molar-refractivity contribution >= 4 is 27.4 Å². The van der Waals surface area contributed by atoms with Crippen molar-refractivity contribution in [3.8, 4) is 16.5 Å². The number of nitrogens with two attached hydrogens (primary N) is 1. The van der Waals surface area contributed by atoms with Crippen LogP contribution in [-0.2, 0) is 0 Å². The van der Waals surface area contributed by atoms with Crippen LogP contribution in [0.15, 0.2) is 22.8 Å². The van der Waals surface area contributed by atoms with Crippen molar-refractivity contribution in [2.45, 2.75) is 0 Å². The van der Waals surface area contributed by atoms with E-state index < -0.39 is 0 Å². The zero-order valence-electron chi connectivity index (χ0n) is 8.88. The molecule has 3 aromatic rings. The van der Waals surface area contributed by atoms with Crippen LogP contribution in [0.1, 0.15) is 0 Å². The molecule has 0 amide bonds. The van der Waals surface area contributed by atoms with Gasteiger partial charge in [0.05, 0.1) is 17.3 Å². The molecule has 0 aliphatic heterocycles. The Balaban J connectivity index is 2.17. The van der Waals surface area contributed by atoms with E-state index in [0.29, 0.717) is 10.7 Å². The summed E-state index contributed by atoms with van der Waals surface area (Å²) in [4.78, 5) is 4.41. The van der Waals surface area contributed by atoms with Gasteiger partial charge < -0.3 is 10.5 Å². The largest absolute Gasteiger partial charge is 0.497 e. The molecule has 0 radical (unpaired) electrons. The fourth-order valence-corrected chi connectivity index (χ4v) is 2.46. The van der Waals surface area contributed by atoms with Gasteiger partial charge in [0, 0.05) is 0 Å². The minimum absolute atomic E-state index is 0.246. The molecule has 17 heavy (non-hydrogen) atoms. The van der Waals surface area contributed by atoms with Gasteiger partial charge in [-0.25, -0.2) is 9.61 Å². The number of aromatic nitrogens is 3. The molecule has 3 rings (SSSR count). The van der Waals surface area contributed by atoms with Gasteiger partial charge in [0.25, 0.3) is 0 Å². The van der Waals surface area contributed by atoms with Crippen LogP contribution in [0.3, 0.4) is 0 Å². The molecule has 0 unspecified atom stereocenters. The third-order valence-electron chi connectivity index (χ3n) is 2.31. The number of hydrogen-bond donors (Lipinski definition) is 1. The van der Waals surface area contributed by atoms with Crippen LogP contribution < -0.4 is 10.5 Å². The third-order valence-corrected chi connectivity index (χ3v) is 3.34. The van der Waals surface area contributed by atoms with Crippen molar-refractivity contribution in [1.82, 2.24) is 15.3 Å². The minimum Gasteiger partial charge on any atom is -0.497 e. The first-order chi connectivity index (χ1) is 8.28. The molecule has 6 nitrogen and oxygen atoms in total. The highest BCUT2D eigenvalue weighted by molar-refractivity contribution is 7.21. The predicted octanol–water partition coefficient (Wildman–Crippen LogP) is 1.94. The van der Waals surface area contributed by atoms with Crippen molar-refractivity contribution in [3.05, 3.63) is 18.2 Å². The second-order valence-corrected chi connectivity index (χ2v) is 4.38. The number of nitrogen functional groups attached to an aromatic ring is 1. The van der Waals surface area contributed by atoms with E-state index in [1.54, 1.807) is 7.11 Å². The molecule has 2 aromatic heterocycles. The smallest absolute Gasteiger partial charge is 0.198 e. The lowest BCUT2D eigenvalue weighted by atomic mass is 10.3. The molecule has 2 heterocycles. The van der Waals surface area contributed by atoms with Crippen LogP contribution in [-0.4, -0.2) is 22.4 Å². The summed E-state index contributed by atoms with van der Waals surface area (Å²) >= 11 is 1.47. The van der Waals surface area contributed by atoms with Crippen molar-refractivity contribution in [3.63, 3.8) is 0 Å². The first kappa shape index (κ1) is 10.0. The summed E-state index contributed by atoms with van der Waals surface area (Å²) < 4.78 is 10.7. The van der Waals surface area contributed by atoms with Crippen LogP contribution in [0.2, 0.25) is 0 Å². The third kappa shape index (κ3) is 1.60. The Bertz CT molecular complexity index is 676. The van der Waals surface area contributed by atoms with E-state index in [1.165, 1.54) is 11.3 Å². The maximum Gasteiger partial charge on any atom is 0.198 e. The molecule has 86 valence electrons. The Hall–Kier alpha value is -2.15. The second-order valence-electron chi connectivity index (χ2n) is 3.35. The first-order valence-corrected chi connectivity index (χ1v) is 5.62. The molecule has 2 N–H and O–H groups in total. The van der Waals surface area contributed by atoms with Gasteiger partial charge in [0.15, 0.2) is 16.5 Å². The normalized spacial score (nSPS) is 10.9. The second kappa shape index (κ2) is 3.70. The Labute approximate surface area is 100.0 Å². The number of anilines is 1.